The lowest BCUT2D eigenvalue weighted by Gasteiger charge is -2.02. The van der Waals surface area contributed by atoms with Gasteiger partial charge in [0.15, 0.2) is 15.0 Å². The topological polar surface area (TPSA) is 84.0 Å². The highest BCUT2D eigenvalue weighted by Gasteiger charge is 2.22. The maximum atomic E-state index is 10.8. The Balaban J connectivity index is 2.58. The van der Waals surface area contributed by atoms with Crippen molar-refractivity contribution >= 4 is 26.8 Å². The van der Waals surface area contributed by atoms with E-state index in [2.05, 4.69) is 0 Å². The molecule has 0 amide bonds. The summed E-state index contributed by atoms with van der Waals surface area (Å²) in [4.78, 5) is 0. The van der Waals surface area contributed by atoms with Crippen LogP contribution in [0, 0.1) is 5.41 Å². The molecular weight excluding hydrogens is 184 g/mol. The van der Waals surface area contributed by atoms with Gasteiger partial charge in [-0.05, 0) is 0 Å². The number of sulfone groups is 1. The molecular formula is C5H8N2O2S2. The molecule has 1 aliphatic heterocycles. The zero-order valence-electron chi connectivity index (χ0n) is 5.65. The fourth-order valence-electron chi connectivity index (χ4n) is 0.784. The molecule has 0 radical (unpaired) electrons. The summed E-state index contributed by atoms with van der Waals surface area (Å²) in [5.41, 5.74) is 5.08. The number of nitrogens with one attached hydrogen (secondary N) is 1. The SMILES string of the molecule is N=C(N)S[C@H]1C=CS(=O)(=O)C1. The highest BCUT2D eigenvalue weighted by molar-refractivity contribution is 8.15. The maximum Gasteiger partial charge on any atom is 0.172 e. The standard InChI is InChI=1S/C5H8N2O2S2/c6-5(7)10-4-1-2-11(8,9)3-4/h1-2,4H,3H2,(H3,6,7)/t4-/m0/s1. The summed E-state index contributed by atoms with van der Waals surface area (Å²) in [6.45, 7) is 0. The van der Waals surface area contributed by atoms with Crippen molar-refractivity contribution in [2.75, 3.05) is 5.75 Å². The van der Waals surface area contributed by atoms with Gasteiger partial charge in [-0.2, -0.15) is 0 Å². The Hall–Kier alpha value is -0.490. The van der Waals surface area contributed by atoms with E-state index < -0.39 is 9.84 Å². The van der Waals surface area contributed by atoms with Gasteiger partial charge in [0.05, 0.1) is 5.75 Å². The molecule has 0 spiro atoms. The van der Waals surface area contributed by atoms with Crippen molar-refractivity contribution in [3.05, 3.63) is 11.5 Å². The monoisotopic (exact) mass is 192 g/mol. The van der Waals surface area contributed by atoms with Crippen molar-refractivity contribution in [1.29, 1.82) is 5.41 Å². The van der Waals surface area contributed by atoms with Gasteiger partial charge in [0.25, 0.3) is 0 Å². The fraction of sp³-hybridized carbons (Fsp3) is 0.400. The van der Waals surface area contributed by atoms with E-state index in [1.165, 1.54) is 5.41 Å². The number of amidine groups is 1. The van der Waals surface area contributed by atoms with Crippen LogP contribution >= 0.6 is 11.8 Å². The van der Waals surface area contributed by atoms with Crippen LogP contribution in [0.4, 0.5) is 0 Å². The minimum Gasteiger partial charge on any atom is -0.379 e. The first-order valence-electron chi connectivity index (χ1n) is 2.91. The van der Waals surface area contributed by atoms with E-state index >= 15 is 0 Å². The molecule has 0 aromatic rings. The van der Waals surface area contributed by atoms with Crippen LogP contribution in [0.1, 0.15) is 0 Å². The third-order valence-electron chi connectivity index (χ3n) is 1.18. The van der Waals surface area contributed by atoms with Gasteiger partial charge in [-0.1, -0.05) is 17.8 Å². The van der Waals surface area contributed by atoms with E-state index in [0.29, 0.717) is 0 Å². The second kappa shape index (κ2) is 2.86. The number of hydrogen-bond acceptors (Lipinski definition) is 4. The van der Waals surface area contributed by atoms with Crippen LogP contribution in [0.25, 0.3) is 0 Å². The Kier molecular flexibility index (Phi) is 2.24. The van der Waals surface area contributed by atoms with E-state index in [0.717, 1.165) is 11.8 Å². The molecule has 1 aliphatic rings. The summed E-state index contributed by atoms with van der Waals surface area (Å²) >= 11 is 1.06. The predicted molar refractivity (Wildman–Crippen MR) is 46.2 cm³/mol. The lowest BCUT2D eigenvalue weighted by molar-refractivity contribution is 0.606. The predicted octanol–water partition coefficient (Wildman–Crippen LogP) is -0.0762. The van der Waals surface area contributed by atoms with E-state index in [4.69, 9.17) is 11.1 Å². The number of nitrogens with two attached hydrogens (primary N) is 1. The van der Waals surface area contributed by atoms with Gasteiger partial charge in [0.2, 0.25) is 0 Å². The molecule has 0 unspecified atom stereocenters. The number of rotatable bonds is 1. The van der Waals surface area contributed by atoms with Crippen LogP contribution in [0.15, 0.2) is 11.5 Å². The molecule has 1 atom stereocenters. The fourth-order valence-corrected chi connectivity index (χ4v) is 3.32. The molecule has 62 valence electrons. The van der Waals surface area contributed by atoms with Gasteiger partial charge < -0.3 is 5.73 Å². The molecule has 0 bridgehead atoms. The first-order valence-corrected chi connectivity index (χ1v) is 5.51. The molecule has 6 heteroatoms. The zero-order valence-corrected chi connectivity index (χ0v) is 7.28. The normalized spacial score (nSPS) is 27.1. The van der Waals surface area contributed by atoms with Crippen molar-refractivity contribution in [2.24, 2.45) is 5.73 Å². The molecule has 0 aliphatic carbocycles. The first-order chi connectivity index (χ1) is 4.99. The van der Waals surface area contributed by atoms with Gasteiger partial charge in [-0.3, -0.25) is 5.41 Å². The van der Waals surface area contributed by atoms with Gasteiger partial charge in [-0.25, -0.2) is 8.42 Å². The highest BCUT2D eigenvalue weighted by atomic mass is 32.2. The maximum absolute atomic E-state index is 10.8. The van der Waals surface area contributed by atoms with E-state index in [1.54, 1.807) is 6.08 Å². The van der Waals surface area contributed by atoms with Crippen LogP contribution in [-0.4, -0.2) is 24.6 Å². The van der Waals surface area contributed by atoms with Gasteiger partial charge >= 0.3 is 0 Å². The minimum atomic E-state index is -2.99. The third-order valence-corrected chi connectivity index (χ3v) is 3.66. The van der Waals surface area contributed by atoms with Gasteiger partial charge in [0, 0.05) is 10.7 Å². The Morgan fingerprint density at radius 2 is 2.36 bits per heavy atom. The number of thioether (sulfide) groups is 1. The average molecular weight is 192 g/mol. The summed E-state index contributed by atoms with van der Waals surface area (Å²) < 4.78 is 21.6. The lowest BCUT2D eigenvalue weighted by Crippen LogP contribution is -2.14. The second-order valence-corrected chi connectivity index (χ2v) is 5.39. The average Bonchev–Trinajstić information content (AvgIpc) is 2.08. The molecule has 0 saturated heterocycles. The minimum absolute atomic E-state index is 0.0447. The van der Waals surface area contributed by atoms with Crippen LogP contribution < -0.4 is 5.73 Å². The molecule has 0 aromatic carbocycles. The Labute approximate surface area is 69.3 Å². The quantitative estimate of drug-likeness (QED) is 0.449. The van der Waals surface area contributed by atoms with Crippen LogP contribution in [0.3, 0.4) is 0 Å². The Morgan fingerprint density at radius 1 is 1.73 bits per heavy atom. The molecule has 0 aromatic heterocycles. The van der Waals surface area contributed by atoms with Crippen molar-refractivity contribution < 1.29 is 8.42 Å². The summed E-state index contributed by atoms with van der Waals surface area (Å²) in [6, 6.07) is 0. The molecule has 0 saturated carbocycles. The lowest BCUT2D eigenvalue weighted by atomic mass is 10.5. The van der Waals surface area contributed by atoms with Gasteiger partial charge in [-0.15, -0.1) is 0 Å². The van der Waals surface area contributed by atoms with Crippen LogP contribution in [-0.2, 0) is 9.84 Å². The van der Waals surface area contributed by atoms with E-state index in [-0.39, 0.29) is 16.2 Å². The first kappa shape index (κ1) is 8.61. The van der Waals surface area contributed by atoms with Crippen molar-refractivity contribution in [2.45, 2.75) is 5.25 Å². The summed E-state index contributed by atoms with van der Waals surface area (Å²) in [5.74, 6) is 0.0667. The molecule has 1 rings (SSSR count). The van der Waals surface area contributed by atoms with E-state index in [9.17, 15) is 8.42 Å². The summed E-state index contributed by atoms with van der Waals surface area (Å²) in [5, 5.41) is 7.86. The molecule has 4 nitrogen and oxygen atoms in total. The van der Waals surface area contributed by atoms with Crippen molar-refractivity contribution in [3.63, 3.8) is 0 Å². The van der Waals surface area contributed by atoms with Crippen molar-refractivity contribution in [3.8, 4) is 0 Å². The summed E-state index contributed by atoms with van der Waals surface area (Å²) in [7, 11) is -2.99. The molecule has 1 heterocycles. The van der Waals surface area contributed by atoms with E-state index in [1.807, 2.05) is 0 Å². The Morgan fingerprint density at radius 3 is 2.73 bits per heavy atom. The summed E-state index contributed by atoms with van der Waals surface area (Å²) in [6.07, 6.45) is 1.56. The van der Waals surface area contributed by atoms with Crippen molar-refractivity contribution in [1.82, 2.24) is 0 Å². The number of hydrogen-bond donors (Lipinski definition) is 2. The van der Waals surface area contributed by atoms with Crippen LogP contribution in [0.2, 0.25) is 0 Å². The largest absolute Gasteiger partial charge is 0.379 e. The Bertz CT molecular complexity index is 294. The smallest absolute Gasteiger partial charge is 0.172 e. The third kappa shape index (κ3) is 2.55. The molecule has 0 fully saturated rings. The zero-order chi connectivity index (χ0) is 8.48. The van der Waals surface area contributed by atoms with Crippen LogP contribution in [0.5, 0.6) is 0 Å². The molecule has 3 N–H and O–H groups in total. The second-order valence-electron chi connectivity index (χ2n) is 2.18. The van der Waals surface area contributed by atoms with Gasteiger partial charge in [0.1, 0.15) is 0 Å². The molecule has 11 heavy (non-hydrogen) atoms. The highest BCUT2D eigenvalue weighted by Crippen LogP contribution is 2.20.